The largest absolute Gasteiger partial charge is 0.573 e. The number of halogens is 4. The van der Waals surface area contributed by atoms with Gasteiger partial charge in [-0.1, -0.05) is 29.8 Å². The molecule has 0 saturated heterocycles. The number of rotatable bonds is 3. The van der Waals surface area contributed by atoms with Crippen LogP contribution in [0.15, 0.2) is 42.5 Å². The van der Waals surface area contributed by atoms with E-state index in [1.54, 1.807) is 0 Å². The summed E-state index contributed by atoms with van der Waals surface area (Å²) in [7, 11) is 0. The highest BCUT2D eigenvalue weighted by Crippen LogP contribution is 2.30. The lowest BCUT2D eigenvalue weighted by Gasteiger charge is -2.10. The molecule has 21 heavy (non-hydrogen) atoms. The minimum absolute atomic E-state index is 0.0500. The molecular formula is C14H8ClF3O3. The van der Waals surface area contributed by atoms with Gasteiger partial charge in [0.05, 0.1) is 10.6 Å². The third kappa shape index (κ3) is 3.88. The zero-order valence-electron chi connectivity index (χ0n) is 10.3. The molecule has 2 aromatic carbocycles. The van der Waals surface area contributed by atoms with Gasteiger partial charge in [0, 0.05) is 0 Å². The molecule has 0 aliphatic heterocycles. The van der Waals surface area contributed by atoms with E-state index in [9.17, 15) is 18.0 Å². The van der Waals surface area contributed by atoms with Crippen molar-refractivity contribution in [2.45, 2.75) is 6.36 Å². The van der Waals surface area contributed by atoms with Crippen LogP contribution >= 0.6 is 11.6 Å². The van der Waals surface area contributed by atoms with Crippen LogP contribution in [0.3, 0.4) is 0 Å². The minimum Gasteiger partial charge on any atom is -0.478 e. The summed E-state index contributed by atoms with van der Waals surface area (Å²) in [6.07, 6.45) is -4.79. The van der Waals surface area contributed by atoms with Crippen molar-refractivity contribution in [3.63, 3.8) is 0 Å². The van der Waals surface area contributed by atoms with Gasteiger partial charge in [-0.05, 0) is 35.4 Å². The van der Waals surface area contributed by atoms with Gasteiger partial charge in [0.25, 0.3) is 0 Å². The van der Waals surface area contributed by atoms with Crippen LogP contribution in [0.2, 0.25) is 5.02 Å². The van der Waals surface area contributed by atoms with E-state index in [4.69, 9.17) is 16.7 Å². The quantitative estimate of drug-likeness (QED) is 0.900. The van der Waals surface area contributed by atoms with E-state index < -0.39 is 12.3 Å². The Kier molecular flexibility index (Phi) is 4.09. The van der Waals surface area contributed by atoms with Crippen molar-refractivity contribution in [3.8, 4) is 16.9 Å². The number of hydrogen-bond acceptors (Lipinski definition) is 2. The Hall–Kier alpha value is -2.21. The van der Waals surface area contributed by atoms with Gasteiger partial charge in [0.1, 0.15) is 5.75 Å². The highest BCUT2D eigenvalue weighted by Gasteiger charge is 2.31. The van der Waals surface area contributed by atoms with E-state index in [1.165, 1.54) is 36.4 Å². The summed E-state index contributed by atoms with van der Waals surface area (Å²) in [5.74, 6) is -1.60. The van der Waals surface area contributed by atoms with Crippen LogP contribution in [-0.2, 0) is 0 Å². The van der Waals surface area contributed by atoms with Gasteiger partial charge in [-0.2, -0.15) is 0 Å². The Morgan fingerprint density at radius 1 is 1.10 bits per heavy atom. The molecular weight excluding hydrogens is 309 g/mol. The molecule has 0 spiro atoms. The van der Waals surface area contributed by atoms with Crippen LogP contribution in [0, 0.1) is 0 Å². The second kappa shape index (κ2) is 5.65. The Morgan fingerprint density at radius 2 is 1.76 bits per heavy atom. The molecule has 0 heterocycles. The van der Waals surface area contributed by atoms with Crippen LogP contribution in [0.4, 0.5) is 13.2 Å². The monoisotopic (exact) mass is 316 g/mol. The Labute approximate surface area is 122 Å². The molecule has 2 rings (SSSR count). The molecule has 0 aliphatic carbocycles. The molecule has 1 N–H and O–H groups in total. The Balaban J connectivity index is 2.41. The third-order valence-electron chi connectivity index (χ3n) is 2.60. The fourth-order valence-corrected chi connectivity index (χ4v) is 1.94. The fraction of sp³-hybridized carbons (Fsp3) is 0.0714. The van der Waals surface area contributed by atoms with Crippen LogP contribution in [0.1, 0.15) is 10.4 Å². The Morgan fingerprint density at radius 3 is 2.38 bits per heavy atom. The van der Waals surface area contributed by atoms with Gasteiger partial charge in [0.2, 0.25) is 0 Å². The molecule has 110 valence electrons. The molecule has 0 aliphatic rings. The van der Waals surface area contributed by atoms with Gasteiger partial charge < -0.3 is 9.84 Å². The number of carbonyl (C=O) groups is 1. The highest BCUT2D eigenvalue weighted by atomic mass is 35.5. The molecule has 0 atom stereocenters. The number of benzene rings is 2. The van der Waals surface area contributed by atoms with Crippen molar-refractivity contribution < 1.29 is 27.8 Å². The van der Waals surface area contributed by atoms with Gasteiger partial charge in [-0.15, -0.1) is 13.2 Å². The van der Waals surface area contributed by atoms with E-state index in [2.05, 4.69) is 4.74 Å². The van der Waals surface area contributed by atoms with Crippen molar-refractivity contribution in [1.29, 1.82) is 0 Å². The van der Waals surface area contributed by atoms with Crippen LogP contribution in [0.5, 0.6) is 5.75 Å². The standard InChI is InChI=1S/C14H8ClF3O3/c15-12-5-4-9(7-11(12)13(19)20)8-2-1-3-10(6-8)21-14(16,17)18/h1-7H,(H,19,20). The maximum atomic E-state index is 12.2. The molecule has 2 aromatic rings. The zero-order chi connectivity index (χ0) is 15.6. The summed E-state index contributed by atoms with van der Waals surface area (Å²) < 4.78 is 40.4. The topological polar surface area (TPSA) is 46.5 Å². The van der Waals surface area contributed by atoms with Gasteiger partial charge >= 0.3 is 12.3 Å². The van der Waals surface area contributed by atoms with Crippen LogP contribution < -0.4 is 4.74 Å². The number of carboxylic acids is 1. The number of aromatic carboxylic acids is 1. The lowest BCUT2D eigenvalue weighted by Crippen LogP contribution is -2.17. The van der Waals surface area contributed by atoms with E-state index in [0.29, 0.717) is 11.1 Å². The maximum Gasteiger partial charge on any atom is 0.573 e. The van der Waals surface area contributed by atoms with Crippen LogP contribution in [0.25, 0.3) is 11.1 Å². The zero-order valence-corrected chi connectivity index (χ0v) is 11.1. The highest BCUT2D eigenvalue weighted by molar-refractivity contribution is 6.33. The Bertz CT molecular complexity index is 683. The molecule has 0 saturated carbocycles. The second-order valence-electron chi connectivity index (χ2n) is 4.08. The molecule has 0 bridgehead atoms. The molecule has 0 fully saturated rings. The summed E-state index contributed by atoms with van der Waals surface area (Å²) >= 11 is 5.74. The molecule has 0 unspecified atom stereocenters. The van der Waals surface area contributed by atoms with Gasteiger partial charge in [-0.3, -0.25) is 0 Å². The third-order valence-corrected chi connectivity index (χ3v) is 2.93. The first-order valence-corrected chi connectivity index (χ1v) is 6.03. The number of alkyl halides is 3. The summed E-state index contributed by atoms with van der Waals surface area (Å²) in [4.78, 5) is 11.0. The van der Waals surface area contributed by atoms with Crippen LogP contribution in [-0.4, -0.2) is 17.4 Å². The number of ether oxygens (including phenoxy) is 1. The molecule has 0 aromatic heterocycles. The van der Waals surface area contributed by atoms with E-state index >= 15 is 0 Å². The van der Waals surface area contributed by atoms with E-state index in [1.807, 2.05) is 0 Å². The predicted molar refractivity (Wildman–Crippen MR) is 70.5 cm³/mol. The SMILES string of the molecule is O=C(O)c1cc(-c2cccc(OC(F)(F)F)c2)ccc1Cl. The number of hydrogen-bond donors (Lipinski definition) is 1. The summed E-state index contributed by atoms with van der Waals surface area (Å²) in [5, 5.41) is 9.04. The first-order chi connectivity index (χ1) is 9.76. The normalized spacial score (nSPS) is 11.2. The van der Waals surface area contributed by atoms with E-state index in [-0.39, 0.29) is 16.3 Å². The molecule has 0 radical (unpaired) electrons. The lowest BCUT2D eigenvalue weighted by molar-refractivity contribution is -0.274. The first-order valence-electron chi connectivity index (χ1n) is 5.65. The van der Waals surface area contributed by atoms with Gasteiger partial charge in [-0.25, -0.2) is 4.79 Å². The van der Waals surface area contributed by atoms with E-state index in [0.717, 1.165) is 6.07 Å². The fourth-order valence-electron chi connectivity index (χ4n) is 1.74. The average Bonchev–Trinajstić information content (AvgIpc) is 2.37. The second-order valence-corrected chi connectivity index (χ2v) is 4.48. The van der Waals surface area contributed by atoms with Crippen molar-refractivity contribution in [2.24, 2.45) is 0 Å². The van der Waals surface area contributed by atoms with Crippen molar-refractivity contribution in [3.05, 3.63) is 53.1 Å². The number of carboxylic acid groups (broad SMARTS) is 1. The van der Waals surface area contributed by atoms with Crippen molar-refractivity contribution >= 4 is 17.6 Å². The lowest BCUT2D eigenvalue weighted by atomic mass is 10.0. The summed E-state index contributed by atoms with van der Waals surface area (Å²) in [5.41, 5.74) is 0.677. The smallest absolute Gasteiger partial charge is 0.478 e. The first kappa shape index (κ1) is 15.2. The summed E-state index contributed by atoms with van der Waals surface area (Å²) in [6.45, 7) is 0. The maximum absolute atomic E-state index is 12.2. The van der Waals surface area contributed by atoms with Crippen molar-refractivity contribution in [2.75, 3.05) is 0 Å². The molecule has 7 heteroatoms. The summed E-state index contributed by atoms with van der Waals surface area (Å²) in [6, 6.07) is 9.42. The van der Waals surface area contributed by atoms with Gasteiger partial charge in [0.15, 0.2) is 0 Å². The molecule has 3 nitrogen and oxygen atoms in total. The average molecular weight is 317 g/mol. The molecule has 0 amide bonds. The predicted octanol–water partition coefficient (Wildman–Crippen LogP) is 4.60. The minimum atomic E-state index is -4.79. The van der Waals surface area contributed by atoms with Crippen molar-refractivity contribution in [1.82, 2.24) is 0 Å².